The maximum atomic E-state index is 11.9. The summed E-state index contributed by atoms with van der Waals surface area (Å²) in [7, 11) is 0. The number of anilines is 1. The van der Waals surface area contributed by atoms with Crippen LogP contribution in [0.3, 0.4) is 0 Å². The molecule has 28 heavy (non-hydrogen) atoms. The van der Waals surface area contributed by atoms with E-state index in [4.69, 9.17) is 21.1 Å². The number of amides is 1. The Hall–Kier alpha value is -3.38. The van der Waals surface area contributed by atoms with E-state index in [2.05, 4.69) is 10.3 Å². The van der Waals surface area contributed by atoms with Gasteiger partial charge in [0, 0.05) is 11.9 Å². The zero-order valence-electron chi connectivity index (χ0n) is 14.8. The van der Waals surface area contributed by atoms with Crippen LogP contribution in [-0.4, -0.2) is 23.5 Å². The van der Waals surface area contributed by atoms with Gasteiger partial charge in [0.2, 0.25) is 0 Å². The predicted octanol–water partition coefficient (Wildman–Crippen LogP) is 4.11. The van der Waals surface area contributed by atoms with Gasteiger partial charge in [0.05, 0.1) is 5.56 Å². The molecular formula is C21H17ClN2O4. The van der Waals surface area contributed by atoms with E-state index >= 15 is 0 Å². The first-order valence-corrected chi connectivity index (χ1v) is 8.83. The van der Waals surface area contributed by atoms with E-state index in [1.807, 2.05) is 30.3 Å². The van der Waals surface area contributed by atoms with E-state index in [9.17, 15) is 9.59 Å². The van der Waals surface area contributed by atoms with Crippen LogP contribution in [0.25, 0.3) is 0 Å². The third-order valence-electron chi connectivity index (χ3n) is 3.68. The van der Waals surface area contributed by atoms with Crippen molar-refractivity contribution in [1.82, 2.24) is 4.98 Å². The summed E-state index contributed by atoms with van der Waals surface area (Å²) in [5, 5.41) is 2.92. The minimum atomic E-state index is -0.649. The van der Waals surface area contributed by atoms with Gasteiger partial charge in [0.25, 0.3) is 5.91 Å². The summed E-state index contributed by atoms with van der Waals surface area (Å²) in [6.45, 7) is 0.0514. The molecule has 0 bridgehead atoms. The van der Waals surface area contributed by atoms with Crippen LogP contribution >= 0.6 is 11.6 Å². The second-order valence-electron chi connectivity index (χ2n) is 5.79. The van der Waals surface area contributed by atoms with Gasteiger partial charge in [0.1, 0.15) is 17.5 Å². The Bertz CT molecular complexity index is 929. The lowest BCUT2D eigenvalue weighted by atomic mass is 10.2. The number of hydrogen-bond acceptors (Lipinski definition) is 5. The van der Waals surface area contributed by atoms with Gasteiger partial charge in [-0.1, -0.05) is 41.9 Å². The molecule has 1 amide bonds. The largest absolute Gasteiger partial charge is 0.489 e. The summed E-state index contributed by atoms with van der Waals surface area (Å²) in [6.07, 6.45) is 1.29. The summed E-state index contributed by atoms with van der Waals surface area (Å²) < 4.78 is 10.6. The molecule has 0 fully saturated rings. The molecule has 1 heterocycles. The normalized spacial score (nSPS) is 10.2. The van der Waals surface area contributed by atoms with Crippen LogP contribution in [0.1, 0.15) is 15.9 Å². The van der Waals surface area contributed by atoms with Crippen molar-refractivity contribution in [3.63, 3.8) is 0 Å². The Morgan fingerprint density at radius 3 is 2.39 bits per heavy atom. The third-order valence-corrected chi connectivity index (χ3v) is 3.91. The van der Waals surface area contributed by atoms with Crippen LogP contribution in [0, 0.1) is 0 Å². The Kier molecular flexibility index (Phi) is 6.59. The maximum Gasteiger partial charge on any atom is 0.340 e. The number of ether oxygens (including phenoxy) is 2. The summed E-state index contributed by atoms with van der Waals surface area (Å²) >= 11 is 5.66. The zero-order valence-corrected chi connectivity index (χ0v) is 15.6. The Balaban J connectivity index is 1.45. The predicted molar refractivity (Wildman–Crippen MR) is 105 cm³/mol. The Morgan fingerprint density at radius 1 is 0.964 bits per heavy atom. The number of benzene rings is 2. The highest BCUT2D eigenvalue weighted by atomic mass is 35.5. The quantitative estimate of drug-likeness (QED) is 0.480. The van der Waals surface area contributed by atoms with Crippen molar-refractivity contribution >= 4 is 29.2 Å². The molecule has 0 spiro atoms. The van der Waals surface area contributed by atoms with Crippen LogP contribution < -0.4 is 10.1 Å². The van der Waals surface area contributed by atoms with E-state index in [0.29, 0.717) is 18.0 Å². The minimum Gasteiger partial charge on any atom is -0.489 e. The lowest BCUT2D eigenvalue weighted by Gasteiger charge is -2.09. The maximum absolute atomic E-state index is 11.9. The first-order chi connectivity index (χ1) is 13.6. The van der Waals surface area contributed by atoms with Crippen molar-refractivity contribution in [2.45, 2.75) is 6.61 Å². The number of nitrogens with zero attached hydrogens (tertiary/aromatic N) is 1. The van der Waals surface area contributed by atoms with Gasteiger partial charge in [-0.15, -0.1) is 0 Å². The second kappa shape index (κ2) is 9.53. The summed E-state index contributed by atoms with van der Waals surface area (Å²) in [5.74, 6) is -0.416. The molecule has 0 aliphatic rings. The number of pyridine rings is 1. The minimum absolute atomic E-state index is 0.220. The number of halogens is 1. The molecule has 0 saturated heterocycles. The number of carbonyl (C=O) groups is 2. The van der Waals surface area contributed by atoms with E-state index in [-0.39, 0.29) is 10.7 Å². The molecule has 3 aromatic rings. The number of nitrogens with one attached hydrogen (secondary N) is 1. The van der Waals surface area contributed by atoms with Gasteiger partial charge in [-0.2, -0.15) is 0 Å². The summed E-state index contributed by atoms with van der Waals surface area (Å²) in [6, 6.07) is 19.7. The van der Waals surface area contributed by atoms with Gasteiger partial charge < -0.3 is 14.8 Å². The standard InChI is InChI=1S/C21H17ClN2O4/c22-19-11-6-16(12-23-19)21(26)28-14-20(25)24-17-7-9-18(10-8-17)27-13-15-4-2-1-3-5-15/h1-12H,13-14H2,(H,24,25). The molecule has 1 aromatic heterocycles. The first kappa shape index (κ1) is 19.4. The number of aromatic nitrogens is 1. The SMILES string of the molecule is O=C(COC(=O)c1ccc(Cl)nc1)Nc1ccc(OCc2ccccc2)cc1. The number of hydrogen-bond donors (Lipinski definition) is 1. The van der Waals surface area contributed by atoms with Gasteiger partial charge in [-0.3, -0.25) is 4.79 Å². The van der Waals surface area contributed by atoms with Crippen molar-refractivity contribution in [3.05, 3.63) is 89.2 Å². The molecule has 7 heteroatoms. The van der Waals surface area contributed by atoms with Gasteiger partial charge in [-0.05, 0) is 42.0 Å². The molecule has 1 N–H and O–H groups in total. The van der Waals surface area contributed by atoms with Gasteiger partial charge in [-0.25, -0.2) is 9.78 Å². The average Bonchev–Trinajstić information content (AvgIpc) is 2.73. The van der Waals surface area contributed by atoms with E-state index in [0.717, 1.165) is 5.56 Å². The molecular weight excluding hydrogens is 380 g/mol. The molecule has 0 atom stereocenters. The van der Waals surface area contributed by atoms with Crippen LogP contribution in [-0.2, 0) is 16.1 Å². The highest BCUT2D eigenvalue weighted by Crippen LogP contribution is 2.17. The number of esters is 1. The molecule has 2 aromatic carbocycles. The summed E-state index contributed by atoms with van der Waals surface area (Å²) in [4.78, 5) is 27.6. The average molecular weight is 397 g/mol. The highest BCUT2D eigenvalue weighted by molar-refractivity contribution is 6.29. The lowest BCUT2D eigenvalue weighted by molar-refractivity contribution is -0.119. The van der Waals surface area contributed by atoms with E-state index < -0.39 is 18.5 Å². The van der Waals surface area contributed by atoms with E-state index in [1.54, 1.807) is 24.3 Å². The fraction of sp³-hybridized carbons (Fsp3) is 0.0952. The molecule has 142 valence electrons. The number of carbonyl (C=O) groups excluding carboxylic acids is 2. The zero-order chi connectivity index (χ0) is 19.8. The van der Waals surface area contributed by atoms with Crippen molar-refractivity contribution in [2.75, 3.05) is 11.9 Å². The van der Waals surface area contributed by atoms with Crippen LogP contribution in [0.5, 0.6) is 5.75 Å². The van der Waals surface area contributed by atoms with Crippen LogP contribution in [0.2, 0.25) is 5.15 Å². The molecule has 0 saturated carbocycles. The van der Waals surface area contributed by atoms with Crippen LogP contribution in [0.15, 0.2) is 72.9 Å². The van der Waals surface area contributed by atoms with E-state index in [1.165, 1.54) is 18.3 Å². The lowest BCUT2D eigenvalue weighted by Crippen LogP contribution is -2.20. The Labute approximate surface area is 167 Å². The summed E-state index contributed by atoms with van der Waals surface area (Å²) in [5.41, 5.74) is 1.86. The second-order valence-corrected chi connectivity index (χ2v) is 6.18. The van der Waals surface area contributed by atoms with Crippen LogP contribution in [0.4, 0.5) is 5.69 Å². The monoisotopic (exact) mass is 396 g/mol. The fourth-order valence-electron chi connectivity index (χ4n) is 2.28. The first-order valence-electron chi connectivity index (χ1n) is 8.45. The smallest absolute Gasteiger partial charge is 0.340 e. The van der Waals surface area contributed by atoms with Gasteiger partial charge >= 0.3 is 5.97 Å². The third kappa shape index (κ3) is 5.82. The molecule has 0 aliphatic heterocycles. The number of rotatable bonds is 7. The van der Waals surface area contributed by atoms with Crippen molar-refractivity contribution in [2.24, 2.45) is 0 Å². The molecule has 0 aliphatic carbocycles. The molecule has 3 rings (SSSR count). The molecule has 0 radical (unpaired) electrons. The van der Waals surface area contributed by atoms with Crippen molar-refractivity contribution < 1.29 is 19.1 Å². The fourth-order valence-corrected chi connectivity index (χ4v) is 2.40. The topological polar surface area (TPSA) is 77.5 Å². The van der Waals surface area contributed by atoms with Crippen molar-refractivity contribution in [3.8, 4) is 5.75 Å². The molecule has 6 nitrogen and oxygen atoms in total. The van der Waals surface area contributed by atoms with Crippen molar-refractivity contribution in [1.29, 1.82) is 0 Å². The van der Waals surface area contributed by atoms with Gasteiger partial charge in [0.15, 0.2) is 6.61 Å². The molecule has 0 unspecified atom stereocenters. The Morgan fingerprint density at radius 2 is 1.71 bits per heavy atom. The highest BCUT2D eigenvalue weighted by Gasteiger charge is 2.11.